The summed E-state index contributed by atoms with van der Waals surface area (Å²) in [6.07, 6.45) is 3.99. The van der Waals surface area contributed by atoms with E-state index in [4.69, 9.17) is 4.74 Å². The minimum absolute atomic E-state index is 0.0735. The van der Waals surface area contributed by atoms with Gasteiger partial charge in [0.15, 0.2) is 5.13 Å². The van der Waals surface area contributed by atoms with Crippen LogP contribution in [0.25, 0.3) is 0 Å². The molecule has 0 spiro atoms. The fourth-order valence-electron chi connectivity index (χ4n) is 3.26. The van der Waals surface area contributed by atoms with Gasteiger partial charge in [0.05, 0.1) is 12.0 Å². The smallest absolute Gasteiger partial charge is 0.263 e. The van der Waals surface area contributed by atoms with Crippen LogP contribution in [0.3, 0.4) is 0 Å². The van der Waals surface area contributed by atoms with Gasteiger partial charge in [-0.15, -0.1) is 11.3 Å². The van der Waals surface area contributed by atoms with E-state index in [0.29, 0.717) is 17.1 Å². The van der Waals surface area contributed by atoms with Crippen LogP contribution in [-0.4, -0.2) is 32.0 Å². The Hall–Kier alpha value is -2.91. The Morgan fingerprint density at radius 2 is 1.90 bits per heavy atom. The lowest BCUT2D eigenvalue weighted by Gasteiger charge is -2.19. The largest absolute Gasteiger partial charge is 0.496 e. The molecule has 9 heteroatoms. The molecule has 0 aliphatic heterocycles. The molecule has 1 aliphatic rings. The standard InChI is InChI=1S/C21H21N3O4S2/c1-28-18-5-3-2-4-16(18)14-21(10-11-21)23-19(25)15-6-8-17(9-7-15)30(26,27)24-20-22-12-13-29-20/h2-9,12-13H,10-11,14H2,1H3,(H,22,24)(H,23,25). The second kappa shape index (κ2) is 8.08. The van der Waals surface area contributed by atoms with Gasteiger partial charge in [-0.2, -0.15) is 0 Å². The maximum Gasteiger partial charge on any atom is 0.263 e. The van der Waals surface area contributed by atoms with Crippen LogP contribution in [0.1, 0.15) is 28.8 Å². The minimum atomic E-state index is -3.74. The number of anilines is 1. The number of nitrogens with zero attached hydrogens (tertiary/aromatic N) is 1. The Kier molecular flexibility index (Phi) is 5.48. The summed E-state index contributed by atoms with van der Waals surface area (Å²) < 4.78 is 32.7. The van der Waals surface area contributed by atoms with Crippen molar-refractivity contribution in [3.8, 4) is 5.75 Å². The van der Waals surface area contributed by atoms with Crippen molar-refractivity contribution in [2.75, 3.05) is 11.8 Å². The van der Waals surface area contributed by atoms with Crippen LogP contribution in [0.4, 0.5) is 5.13 Å². The summed E-state index contributed by atoms with van der Waals surface area (Å²) in [4.78, 5) is 16.7. The van der Waals surface area contributed by atoms with Crippen molar-refractivity contribution in [1.29, 1.82) is 0 Å². The van der Waals surface area contributed by atoms with E-state index in [0.717, 1.165) is 24.2 Å². The van der Waals surface area contributed by atoms with Crippen molar-refractivity contribution < 1.29 is 17.9 Å². The number of para-hydroxylation sites is 1. The van der Waals surface area contributed by atoms with Gasteiger partial charge in [0.1, 0.15) is 5.75 Å². The molecule has 0 bridgehead atoms. The maximum absolute atomic E-state index is 12.7. The zero-order valence-corrected chi connectivity index (χ0v) is 17.9. The molecule has 30 heavy (non-hydrogen) atoms. The van der Waals surface area contributed by atoms with E-state index in [1.54, 1.807) is 12.5 Å². The number of hydrogen-bond acceptors (Lipinski definition) is 6. The summed E-state index contributed by atoms with van der Waals surface area (Å²) in [5.74, 6) is 0.583. The number of sulfonamides is 1. The summed E-state index contributed by atoms with van der Waals surface area (Å²) in [7, 11) is -2.11. The molecule has 4 rings (SSSR count). The van der Waals surface area contributed by atoms with E-state index in [1.807, 2.05) is 24.3 Å². The second-order valence-corrected chi connectivity index (χ2v) is 9.77. The Morgan fingerprint density at radius 1 is 1.17 bits per heavy atom. The van der Waals surface area contributed by atoms with E-state index >= 15 is 0 Å². The zero-order valence-electron chi connectivity index (χ0n) is 16.3. The highest BCUT2D eigenvalue weighted by Gasteiger charge is 2.44. The molecule has 1 aromatic heterocycles. The average molecular weight is 444 g/mol. The number of benzene rings is 2. The van der Waals surface area contributed by atoms with Gasteiger partial charge in [-0.1, -0.05) is 18.2 Å². The highest BCUT2D eigenvalue weighted by Crippen LogP contribution is 2.40. The third kappa shape index (κ3) is 4.47. The predicted molar refractivity (Wildman–Crippen MR) is 115 cm³/mol. The number of rotatable bonds is 8. The van der Waals surface area contributed by atoms with E-state index in [1.165, 1.54) is 41.8 Å². The van der Waals surface area contributed by atoms with Gasteiger partial charge < -0.3 is 10.1 Å². The number of carbonyl (C=O) groups excluding carboxylic acids is 1. The van der Waals surface area contributed by atoms with E-state index in [9.17, 15) is 13.2 Å². The van der Waals surface area contributed by atoms with Gasteiger partial charge in [-0.25, -0.2) is 13.4 Å². The fourth-order valence-corrected chi connectivity index (χ4v) is 5.05. The normalized spacial score (nSPS) is 14.7. The number of amides is 1. The summed E-state index contributed by atoms with van der Waals surface area (Å²) in [6.45, 7) is 0. The topological polar surface area (TPSA) is 97.4 Å². The first-order valence-corrected chi connectivity index (χ1v) is 11.7. The summed E-state index contributed by atoms with van der Waals surface area (Å²) >= 11 is 1.19. The first kappa shape index (κ1) is 20.4. The van der Waals surface area contributed by atoms with Crippen LogP contribution in [0, 0.1) is 0 Å². The van der Waals surface area contributed by atoms with Crippen LogP contribution < -0.4 is 14.8 Å². The van der Waals surface area contributed by atoms with E-state index in [2.05, 4.69) is 15.0 Å². The molecule has 2 N–H and O–H groups in total. The molecule has 7 nitrogen and oxygen atoms in total. The van der Waals surface area contributed by atoms with Crippen molar-refractivity contribution in [2.24, 2.45) is 0 Å². The van der Waals surface area contributed by atoms with Gasteiger partial charge in [-0.3, -0.25) is 9.52 Å². The van der Waals surface area contributed by atoms with Gasteiger partial charge in [0.25, 0.3) is 15.9 Å². The highest BCUT2D eigenvalue weighted by atomic mass is 32.2. The molecule has 1 amide bonds. The Balaban J connectivity index is 1.44. The molecule has 1 aliphatic carbocycles. The van der Waals surface area contributed by atoms with E-state index < -0.39 is 10.0 Å². The molecule has 0 radical (unpaired) electrons. The summed E-state index contributed by atoms with van der Waals surface area (Å²) in [6, 6.07) is 13.7. The first-order valence-electron chi connectivity index (χ1n) is 9.38. The number of aromatic nitrogens is 1. The van der Waals surface area contributed by atoms with Crippen LogP contribution in [0.15, 0.2) is 65.0 Å². The molecule has 156 valence electrons. The monoisotopic (exact) mass is 443 g/mol. The van der Waals surface area contributed by atoms with Gasteiger partial charge in [0.2, 0.25) is 0 Å². The lowest BCUT2D eigenvalue weighted by molar-refractivity contribution is 0.0931. The number of carbonyl (C=O) groups is 1. The van der Waals surface area contributed by atoms with Crippen molar-refractivity contribution in [1.82, 2.24) is 10.3 Å². The Bertz CT molecular complexity index is 1140. The van der Waals surface area contributed by atoms with Crippen molar-refractivity contribution in [2.45, 2.75) is 29.7 Å². The molecule has 1 saturated carbocycles. The lowest BCUT2D eigenvalue weighted by atomic mass is 10.0. The molecule has 1 heterocycles. The van der Waals surface area contributed by atoms with Crippen LogP contribution in [0.5, 0.6) is 5.75 Å². The van der Waals surface area contributed by atoms with E-state index in [-0.39, 0.29) is 16.3 Å². The average Bonchev–Trinajstić information content (AvgIpc) is 3.29. The molecule has 0 saturated heterocycles. The molecule has 1 fully saturated rings. The van der Waals surface area contributed by atoms with Gasteiger partial charge in [-0.05, 0) is 55.2 Å². The summed E-state index contributed by atoms with van der Waals surface area (Å²) in [5.41, 5.74) is 1.17. The van der Waals surface area contributed by atoms with Crippen LogP contribution >= 0.6 is 11.3 Å². The lowest BCUT2D eigenvalue weighted by Crippen LogP contribution is -2.38. The Labute approximate surface area is 179 Å². The molecule has 0 unspecified atom stereocenters. The molecular weight excluding hydrogens is 422 g/mol. The molecule has 2 aromatic carbocycles. The molecule has 3 aromatic rings. The van der Waals surface area contributed by atoms with Crippen LogP contribution in [-0.2, 0) is 16.4 Å². The highest BCUT2D eigenvalue weighted by molar-refractivity contribution is 7.93. The maximum atomic E-state index is 12.7. The van der Waals surface area contributed by atoms with Gasteiger partial charge in [0, 0.05) is 22.7 Å². The molecule has 0 atom stereocenters. The van der Waals surface area contributed by atoms with Crippen molar-refractivity contribution in [3.05, 3.63) is 71.2 Å². The second-order valence-electron chi connectivity index (χ2n) is 7.19. The van der Waals surface area contributed by atoms with Gasteiger partial charge >= 0.3 is 0 Å². The third-order valence-electron chi connectivity index (χ3n) is 5.03. The Morgan fingerprint density at radius 3 is 2.53 bits per heavy atom. The number of hydrogen-bond donors (Lipinski definition) is 2. The number of ether oxygens (including phenoxy) is 1. The fraction of sp³-hybridized carbons (Fsp3) is 0.238. The minimum Gasteiger partial charge on any atom is -0.496 e. The predicted octanol–water partition coefficient (Wildman–Crippen LogP) is 3.46. The third-order valence-corrected chi connectivity index (χ3v) is 7.21. The SMILES string of the molecule is COc1ccccc1CC1(NC(=O)c2ccc(S(=O)(=O)Nc3nccs3)cc2)CC1. The number of thiazole rings is 1. The van der Waals surface area contributed by atoms with Crippen molar-refractivity contribution >= 4 is 32.4 Å². The first-order chi connectivity index (χ1) is 14.4. The van der Waals surface area contributed by atoms with Crippen LogP contribution in [0.2, 0.25) is 0 Å². The molecular formula is C21H21N3O4S2. The van der Waals surface area contributed by atoms with Crippen molar-refractivity contribution in [3.63, 3.8) is 0 Å². The zero-order chi connectivity index (χ0) is 21.2. The quantitative estimate of drug-likeness (QED) is 0.556. The summed E-state index contributed by atoms with van der Waals surface area (Å²) in [5, 5.41) is 5.09. The number of methoxy groups -OCH3 is 1. The number of nitrogens with one attached hydrogen (secondary N) is 2.